The summed E-state index contributed by atoms with van der Waals surface area (Å²) in [5.74, 6) is -1.48. The van der Waals surface area contributed by atoms with Gasteiger partial charge in [-0.2, -0.15) is 5.10 Å². The summed E-state index contributed by atoms with van der Waals surface area (Å²) in [4.78, 5) is 27.4. The molecule has 170 valence electrons. The number of anilines is 1. The van der Waals surface area contributed by atoms with E-state index in [1.807, 2.05) is 73.7 Å². The number of hydrogen-bond acceptors (Lipinski definition) is 4. The van der Waals surface area contributed by atoms with Crippen molar-refractivity contribution in [3.8, 4) is 11.4 Å². The van der Waals surface area contributed by atoms with Crippen LogP contribution in [0.15, 0.2) is 94.8 Å². The first kappa shape index (κ1) is 21.5. The Morgan fingerprint density at radius 3 is 2.18 bits per heavy atom. The minimum Gasteiger partial charge on any atom is -0.508 e. The van der Waals surface area contributed by atoms with Crippen molar-refractivity contribution < 1.29 is 9.90 Å². The molecule has 1 aromatic heterocycles. The average molecular weight is 453 g/mol. The zero-order chi connectivity index (χ0) is 23.8. The fraction of sp³-hybridized carbons (Fsp3) is 0.148. The Hall–Kier alpha value is -4.39. The topological polar surface area (TPSA) is 90.7 Å². The summed E-state index contributed by atoms with van der Waals surface area (Å²) in [6, 6.07) is 25.2. The summed E-state index contributed by atoms with van der Waals surface area (Å²) in [5, 5.41) is 19.3. The number of aromatic hydroxyl groups is 1. The lowest BCUT2D eigenvalue weighted by molar-refractivity contribution is -0.120. The Labute approximate surface area is 196 Å². The van der Waals surface area contributed by atoms with Gasteiger partial charge in [-0.3, -0.25) is 14.7 Å². The second-order valence-corrected chi connectivity index (χ2v) is 8.40. The molecule has 5 rings (SSSR count). The van der Waals surface area contributed by atoms with E-state index in [1.165, 1.54) is 9.69 Å². The van der Waals surface area contributed by atoms with Crippen LogP contribution in [-0.2, 0) is 4.79 Å². The number of para-hydroxylation sites is 2. The van der Waals surface area contributed by atoms with Gasteiger partial charge in [0.2, 0.25) is 0 Å². The number of aryl methyl sites for hydroxylation is 1. The van der Waals surface area contributed by atoms with Crippen LogP contribution < -0.4 is 10.6 Å². The van der Waals surface area contributed by atoms with Crippen LogP contribution >= 0.6 is 0 Å². The number of aromatic amines is 1. The largest absolute Gasteiger partial charge is 0.508 e. The minimum absolute atomic E-state index is 0.0685. The summed E-state index contributed by atoms with van der Waals surface area (Å²) in [7, 11) is 0. The van der Waals surface area contributed by atoms with Gasteiger partial charge in [-0.05, 0) is 55.8 Å². The second-order valence-electron chi connectivity index (χ2n) is 8.40. The van der Waals surface area contributed by atoms with Crippen molar-refractivity contribution in [2.24, 2.45) is 11.0 Å². The standard InChI is InChI=1S/C27H24N4O3/c1-17-23(26(33)30(28-17)20-11-5-3-6-12-20)25(19-10-9-15-22(32)16-19)24-18(2)29-31(27(24)34)21-13-7-4-8-14-21/h3-16,23,25,29,32H,1-2H3/t23-,25-/m1/s1. The smallest absolute Gasteiger partial charge is 0.275 e. The molecule has 3 aromatic carbocycles. The monoisotopic (exact) mass is 452 g/mol. The third kappa shape index (κ3) is 3.61. The summed E-state index contributed by atoms with van der Waals surface area (Å²) in [6.45, 7) is 3.63. The number of benzene rings is 3. The summed E-state index contributed by atoms with van der Waals surface area (Å²) < 4.78 is 1.49. The number of carbonyl (C=O) groups is 1. The third-order valence-electron chi connectivity index (χ3n) is 6.19. The molecule has 0 unspecified atom stereocenters. The van der Waals surface area contributed by atoms with Crippen molar-refractivity contribution in [1.82, 2.24) is 9.78 Å². The van der Waals surface area contributed by atoms with E-state index >= 15 is 0 Å². The highest BCUT2D eigenvalue weighted by Crippen LogP contribution is 2.39. The Bertz CT molecular complexity index is 1440. The third-order valence-corrected chi connectivity index (χ3v) is 6.19. The Kier molecular flexibility index (Phi) is 5.37. The van der Waals surface area contributed by atoms with Crippen molar-refractivity contribution >= 4 is 17.3 Å². The zero-order valence-electron chi connectivity index (χ0n) is 18.8. The van der Waals surface area contributed by atoms with E-state index in [1.54, 1.807) is 25.1 Å². The van der Waals surface area contributed by atoms with Gasteiger partial charge in [0.1, 0.15) is 5.75 Å². The van der Waals surface area contributed by atoms with Crippen LogP contribution in [0.2, 0.25) is 0 Å². The SMILES string of the molecule is CC1=NN(c2ccccc2)C(=O)[C@H]1[C@@H](c1cccc(O)c1)c1c(C)[nH]n(-c2ccccc2)c1=O. The minimum atomic E-state index is -0.701. The first-order valence-corrected chi connectivity index (χ1v) is 11.1. The van der Waals surface area contributed by atoms with E-state index in [0.29, 0.717) is 33.9 Å². The maximum atomic E-state index is 13.7. The van der Waals surface area contributed by atoms with E-state index in [4.69, 9.17) is 0 Å². The van der Waals surface area contributed by atoms with Crippen LogP contribution in [0.3, 0.4) is 0 Å². The van der Waals surface area contributed by atoms with Crippen molar-refractivity contribution in [1.29, 1.82) is 0 Å². The average Bonchev–Trinajstić information content (AvgIpc) is 3.31. The van der Waals surface area contributed by atoms with Gasteiger partial charge < -0.3 is 5.11 Å². The second kappa shape index (κ2) is 8.51. The highest BCUT2D eigenvalue weighted by molar-refractivity contribution is 6.15. The van der Waals surface area contributed by atoms with Gasteiger partial charge in [0, 0.05) is 22.9 Å². The molecule has 0 spiro atoms. The molecule has 7 heteroatoms. The number of nitrogens with zero attached hydrogens (tertiary/aromatic N) is 3. The van der Waals surface area contributed by atoms with E-state index in [0.717, 1.165) is 0 Å². The number of carbonyl (C=O) groups excluding carboxylic acids is 1. The Balaban J connectivity index is 1.67. The van der Waals surface area contributed by atoms with Crippen LogP contribution in [0.25, 0.3) is 5.69 Å². The maximum Gasteiger partial charge on any atom is 0.275 e. The Morgan fingerprint density at radius 1 is 0.882 bits per heavy atom. The molecule has 0 bridgehead atoms. The maximum absolute atomic E-state index is 13.7. The normalized spacial score (nSPS) is 16.5. The molecule has 0 radical (unpaired) electrons. The number of aromatic nitrogens is 2. The molecule has 0 saturated heterocycles. The zero-order valence-corrected chi connectivity index (χ0v) is 18.8. The predicted octanol–water partition coefficient (Wildman–Crippen LogP) is 4.35. The van der Waals surface area contributed by atoms with Gasteiger partial charge in [0.15, 0.2) is 0 Å². The van der Waals surface area contributed by atoms with Gasteiger partial charge >= 0.3 is 0 Å². The lowest BCUT2D eigenvalue weighted by atomic mass is 9.78. The van der Waals surface area contributed by atoms with Crippen molar-refractivity contribution in [3.63, 3.8) is 0 Å². The number of nitrogens with one attached hydrogen (secondary N) is 1. The molecule has 1 amide bonds. The van der Waals surface area contributed by atoms with E-state index < -0.39 is 11.8 Å². The first-order valence-electron chi connectivity index (χ1n) is 11.1. The van der Waals surface area contributed by atoms with Gasteiger partial charge in [0.05, 0.1) is 17.3 Å². The molecule has 0 saturated carbocycles. The first-order chi connectivity index (χ1) is 16.5. The number of H-pyrrole nitrogens is 1. The van der Waals surface area contributed by atoms with Gasteiger partial charge in [0.25, 0.3) is 11.5 Å². The molecular formula is C27H24N4O3. The van der Waals surface area contributed by atoms with Crippen LogP contribution in [0.4, 0.5) is 5.69 Å². The molecule has 2 atom stereocenters. The lowest BCUT2D eigenvalue weighted by Crippen LogP contribution is -2.34. The number of phenolic OH excluding ortho intramolecular Hbond substituents is 1. The van der Waals surface area contributed by atoms with Crippen molar-refractivity contribution in [2.75, 3.05) is 5.01 Å². The predicted molar refractivity (Wildman–Crippen MR) is 132 cm³/mol. The highest BCUT2D eigenvalue weighted by atomic mass is 16.3. The van der Waals surface area contributed by atoms with Crippen LogP contribution in [0.1, 0.15) is 29.7 Å². The molecule has 7 nitrogen and oxygen atoms in total. The number of hydrogen-bond donors (Lipinski definition) is 2. The van der Waals surface area contributed by atoms with Crippen LogP contribution in [-0.4, -0.2) is 26.5 Å². The highest BCUT2D eigenvalue weighted by Gasteiger charge is 2.43. The number of hydrazone groups is 1. The van der Waals surface area contributed by atoms with E-state index in [9.17, 15) is 14.7 Å². The molecule has 0 aliphatic carbocycles. The van der Waals surface area contributed by atoms with Crippen molar-refractivity contribution in [2.45, 2.75) is 19.8 Å². The molecule has 1 aliphatic rings. The van der Waals surface area contributed by atoms with Gasteiger partial charge in [-0.25, -0.2) is 9.69 Å². The van der Waals surface area contributed by atoms with E-state index in [-0.39, 0.29) is 17.2 Å². The molecule has 1 aliphatic heterocycles. The van der Waals surface area contributed by atoms with Crippen LogP contribution in [0, 0.1) is 12.8 Å². The summed E-state index contributed by atoms with van der Waals surface area (Å²) in [6.07, 6.45) is 0. The van der Waals surface area contributed by atoms with Gasteiger partial charge in [-0.15, -0.1) is 0 Å². The lowest BCUT2D eigenvalue weighted by Gasteiger charge is -2.23. The molecule has 2 heterocycles. The number of rotatable bonds is 5. The summed E-state index contributed by atoms with van der Waals surface area (Å²) in [5.41, 5.74) is 3.52. The molecule has 2 N–H and O–H groups in total. The summed E-state index contributed by atoms with van der Waals surface area (Å²) >= 11 is 0. The fourth-order valence-corrected chi connectivity index (χ4v) is 4.65. The van der Waals surface area contributed by atoms with Crippen LogP contribution in [0.5, 0.6) is 5.75 Å². The van der Waals surface area contributed by atoms with Crippen molar-refractivity contribution in [3.05, 3.63) is 112 Å². The molecular weight excluding hydrogens is 428 g/mol. The van der Waals surface area contributed by atoms with E-state index in [2.05, 4.69) is 10.2 Å². The molecule has 0 fully saturated rings. The Morgan fingerprint density at radius 2 is 1.53 bits per heavy atom. The fourth-order valence-electron chi connectivity index (χ4n) is 4.65. The molecule has 34 heavy (non-hydrogen) atoms. The quantitative estimate of drug-likeness (QED) is 0.472. The number of phenols is 1. The van der Waals surface area contributed by atoms with Gasteiger partial charge in [-0.1, -0.05) is 48.5 Å². The number of amides is 1. The molecule has 4 aromatic rings.